The molecule has 0 bridgehead atoms. The summed E-state index contributed by atoms with van der Waals surface area (Å²) in [7, 11) is 0. The van der Waals surface area contributed by atoms with E-state index in [-0.39, 0.29) is 0 Å². The normalized spacial score (nSPS) is 15.5. The lowest BCUT2D eigenvalue weighted by Gasteiger charge is -2.28. The van der Waals surface area contributed by atoms with Gasteiger partial charge in [0.2, 0.25) is 5.82 Å². The van der Waals surface area contributed by atoms with Crippen LogP contribution in [0.3, 0.4) is 0 Å². The molecule has 0 atom stereocenters. The molecule has 0 aliphatic carbocycles. The van der Waals surface area contributed by atoms with Gasteiger partial charge in [0.05, 0.1) is 5.69 Å². The highest BCUT2D eigenvalue weighted by Gasteiger charge is 2.35. The van der Waals surface area contributed by atoms with E-state index in [0.717, 1.165) is 11.1 Å². The van der Waals surface area contributed by atoms with Crippen molar-refractivity contribution in [2.45, 2.75) is 25.7 Å². The summed E-state index contributed by atoms with van der Waals surface area (Å²) < 4.78 is 38.1. The van der Waals surface area contributed by atoms with Crippen LogP contribution in [0.25, 0.3) is 0 Å². The molecule has 0 saturated heterocycles. The Morgan fingerprint density at radius 2 is 1.96 bits per heavy atom. The first-order valence-electron chi connectivity index (χ1n) is 6.78. The fraction of sp³-hybridized carbons (Fsp3) is 0.357. The average molecular weight is 363 g/mol. The molecular formula is C14H11Cl2F3N4. The maximum absolute atomic E-state index is 12.7. The molecule has 0 spiro atoms. The number of aromatic nitrogens is 3. The molecule has 3 heterocycles. The summed E-state index contributed by atoms with van der Waals surface area (Å²) in [5, 5.41) is 0.590. The van der Waals surface area contributed by atoms with Crippen molar-refractivity contribution in [3.63, 3.8) is 0 Å². The summed E-state index contributed by atoms with van der Waals surface area (Å²) in [6, 6.07) is 3.39. The van der Waals surface area contributed by atoms with Crippen molar-refractivity contribution in [1.29, 1.82) is 0 Å². The van der Waals surface area contributed by atoms with Gasteiger partial charge in [-0.2, -0.15) is 13.2 Å². The Hall–Kier alpha value is -1.44. The number of rotatable bonds is 2. The molecule has 9 heteroatoms. The first-order valence-corrected chi connectivity index (χ1v) is 7.54. The van der Waals surface area contributed by atoms with Gasteiger partial charge in [0.25, 0.3) is 0 Å². The second-order valence-corrected chi connectivity index (χ2v) is 5.95. The van der Waals surface area contributed by atoms with Crippen LogP contribution in [0.2, 0.25) is 10.3 Å². The van der Waals surface area contributed by atoms with Crippen LogP contribution in [0.4, 0.5) is 13.2 Å². The third kappa shape index (κ3) is 3.73. The molecule has 1 aliphatic rings. The Morgan fingerprint density at radius 3 is 2.65 bits per heavy atom. The third-order valence-electron chi connectivity index (χ3n) is 3.56. The van der Waals surface area contributed by atoms with Gasteiger partial charge in [0.1, 0.15) is 10.3 Å². The van der Waals surface area contributed by atoms with Crippen molar-refractivity contribution < 1.29 is 13.2 Å². The van der Waals surface area contributed by atoms with Gasteiger partial charge in [-0.15, -0.1) is 0 Å². The molecule has 0 aromatic carbocycles. The van der Waals surface area contributed by atoms with Crippen molar-refractivity contribution in [3.05, 3.63) is 51.3 Å². The standard InChI is InChI=1S/C14H11Cl2F3N4/c15-11-2-1-9(12(16)22-11)6-23-4-3-8-5-20-13(14(17,18)19)21-10(8)7-23/h1-2,5H,3-4,6-7H2. The van der Waals surface area contributed by atoms with Crippen LogP contribution in [0.15, 0.2) is 18.3 Å². The van der Waals surface area contributed by atoms with Gasteiger partial charge in [0, 0.05) is 31.4 Å². The lowest BCUT2D eigenvalue weighted by atomic mass is 10.1. The van der Waals surface area contributed by atoms with Gasteiger partial charge >= 0.3 is 6.18 Å². The molecule has 2 aromatic rings. The number of hydrogen-bond donors (Lipinski definition) is 0. The van der Waals surface area contributed by atoms with E-state index in [1.54, 1.807) is 12.1 Å². The van der Waals surface area contributed by atoms with Crippen LogP contribution in [-0.2, 0) is 25.7 Å². The lowest BCUT2D eigenvalue weighted by Crippen LogP contribution is -2.32. The van der Waals surface area contributed by atoms with Crippen molar-refractivity contribution in [2.24, 2.45) is 0 Å². The summed E-state index contributed by atoms with van der Waals surface area (Å²) in [5.74, 6) is -1.11. The number of hydrogen-bond acceptors (Lipinski definition) is 4. The summed E-state index contributed by atoms with van der Waals surface area (Å²) in [6.07, 6.45) is -2.69. The zero-order chi connectivity index (χ0) is 16.6. The fourth-order valence-electron chi connectivity index (χ4n) is 2.43. The van der Waals surface area contributed by atoms with E-state index in [0.29, 0.717) is 42.1 Å². The van der Waals surface area contributed by atoms with Gasteiger partial charge in [-0.3, -0.25) is 4.90 Å². The van der Waals surface area contributed by atoms with Crippen molar-refractivity contribution in [2.75, 3.05) is 6.54 Å². The minimum absolute atomic E-state index is 0.293. The maximum Gasteiger partial charge on any atom is 0.451 e. The molecule has 0 fully saturated rings. The van der Waals surface area contributed by atoms with E-state index in [2.05, 4.69) is 15.0 Å². The summed E-state index contributed by atoms with van der Waals surface area (Å²) in [6.45, 7) is 1.45. The fourth-order valence-corrected chi connectivity index (χ4v) is 2.83. The first kappa shape index (κ1) is 16.4. The molecule has 2 aromatic heterocycles. The number of alkyl halides is 3. The number of nitrogens with zero attached hydrogens (tertiary/aromatic N) is 4. The van der Waals surface area contributed by atoms with E-state index in [9.17, 15) is 13.2 Å². The van der Waals surface area contributed by atoms with E-state index in [1.807, 2.05) is 4.90 Å². The minimum atomic E-state index is -4.54. The smallest absolute Gasteiger partial charge is 0.293 e. The zero-order valence-corrected chi connectivity index (χ0v) is 13.3. The molecular weight excluding hydrogens is 352 g/mol. The monoisotopic (exact) mass is 362 g/mol. The largest absolute Gasteiger partial charge is 0.451 e. The van der Waals surface area contributed by atoms with E-state index in [1.165, 1.54) is 6.20 Å². The molecule has 0 saturated carbocycles. The van der Waals surface area contributed by atoms with Crippen molar-refractivity contribution in [1.82, 2.24) is 19.9 Å². The number of halogens is 5. The predicted octanol–water partition coefficient (Wildman–Crippen LogP) is 3.76. The molecule has 3 rings (SSSR count). The van der Waals surface area contributed by atoms with Crippen LogP contribution < -0.4 is 0 Å². The highest BCUT2D eigenvalue weighted by Crippen LogP contribution is 2.28. The number of fused-ring (bicyclic) bond motifs is 1. The summed E-state index contributed by atoms with van der Waals surface area (Å²) in [4.78, 5) is 13.0. The SMILES string of the molecule is FC(F)(F)c1ncc2c(n1)CN(Cc1ccc(Cl)nc1Cl)CC2. The highest BCUT2D eigenvalue weighted by molar-refractivity contribution is 6.32. The Morgan fingerprint density at radius 1 is 1.17 bits per heavy atom. The minimum Gasteiger partial charge on any atom is -0.293 e. The van der Waals surface area contributed by atoms with E-state index in [4.69, 9.17) is 23.2 Å². The Balaban J connectivity index is 1.79. The van der Waals surface area contributed by atoms with E-state index < -0.39 is 12.0 Å². The molecule has 0 amide bonds. The van der Waals surface area contributed by atoms with Crippen molar-refractivity contribution in [3.8, 4) is 0 Å². The van der Waals surface area contributed by atoms with Crippen LogP contribution in [0.5, 0.6) is 0 Å². The molecule has 1 aliphatic heterocycles. The molecule has 4 nitrogen and oxygen atoms in total. The Bertz CT molecular complexity index is 736. The number of pyridine rings is 1. The maximum atomic E-state index is 12.7. The average Bonchev–Trinajstić information content (AvgIpc) is 2.48. The molecule has 0 unspecified atom stereocenters. The Kier molecular flexibility index (Phi) is 4.44. The van der Waals surface area contributed by atoms with Crippen LogP contribution >= 0.6 is 23.2 Å². The topological polar surface area (TPSA) is 41.9 Å². The van der Waals surface area contributed by atoms with Gasteiger partial charge in [-0.1, -0.05) is 29.3 Å². The van der Waals surface area contributed by atoms with Crippen molar-refractivity contribution >= 4 is 23.2 Å². The molecule has 23 heavy (non-hydrogen) atoms. The molecule has 122 valence electrons. The zero-order valence-electron chi connectivity index (χ0n) is 11.7. The van der Waals surface area contributed by atoms with Crippen LogP contribution in [0.1, 0.15) is 22.6 Å². The van der Waals surface area contributed by atoms with Crippen LogP contribution in [-0.4, -0.2) is 26.4 Å². The summed E-state index contributed by atoms with van der Waals surface area (Å²) in [5.41, 5.74) is 1.91. The highest BCUT2D eigenvalue weighted by atomic mass is 35.5. The van der Waals surface area contributed by atoms with Gasteiger partial charge in [0.15, 0.2) is 0 Å². The predicted molar refractivity (Wildman–Crippen MR) is 79.1 cm³/mol. The first-order chi connectivity index (χ1) is 10.8. The quantitative estimate of drug-likeness (QED) is 0.763. The lowest BCUT2D eigenvalue weighted by molar-refractivity contribution is -0.145. The molecule has 0 N–H and O–H groups in total. The second-order valence-electron chi connectivity index (χ2n) is 5.21. The van der Waals surface area contributed by atoms with Crippen LogP contribution in [0, 0.1) is 0 Å². The van der Waals surface area contributed by atoms with Gasteiger partial charge < -0.3 is 0 Å². The second kappa shape index (κ2) is 6.22. The van der Waals surface area contributed by atoms with Gasteiger partial charge in [-0.05, 0) is 18.1 Å². The third-order valence-corrected chi connectivity index (χ3v) is 4.10. The van der Waals surface area contributed by atoms with E-state index >= 15 is 0 Å². The summed E-state index contributed by atoms with van der Waals surface area (Å²) >= 11 is 11.8. The Labute approximate surface area is 140 Å². The molecule has 0 radical (unpaired) electrons. The van der Waals surface area contributed by atoms with Gasteiger partial charge in [-0.25, -0.2) is 15.0 Å².